The molecule has 34 heavy (non-hydrogen) atoms. The number of carbonyl (C=O) groups excluding carboxylic acids is 1. The van der Waals surface area contributed by atoms with Crippen molar-refractivity contribution in [3.05, 3.63) is 24.5 Å². The smallest absolute Gasteiger partial charge is 0.409 e. The fourth-order valence-electron chi connectivity index (χ4n) is 4.39. The normalized spacial score (nSPS) is 14.8. The summed E-state index contributed by atoms with van der Waals surface area (Å²) < 4.78 is 12.6. The van der Waals surface area contributed by atoms with Crippen molar-refractivity contribution in [2.24, 2.45) is 5.92 Å². The standard InChI is InChI=1S/C23H28N8O3/c1-2-3-10-33-23(32)30-8-6-14(7-9-30)12-31-21-18(20(24)26-13-27-21)19(29-31)15-4-5-17-16(11-15)28-22(25)34-17/h4-5,11,13-14H,2-3,6-10,12H2,1H3,(H2,25,28)(H2,24,26,27). The highest BCUT2D eigenvalue weighted by Crippen LogP contribution is 2.33. The Bertz CT molecular complexity index is 1320. The molecule has 178 valence electrons. The van der Waals surface area contributed by atoms with Gasteiger partial charge in [-0.1, -0.05) is 13.3 Å². The van der Waals surface area contributed by atoms with E-state index >= 15 is 0 Å². The van der Waals surface area contributed by atoms with Crippen LogP contribution < -0.4 is 11.5 Å². The van der Waals surface area contributed by atoms with Crippen molar-refractivity contribution >= 4 is 40.1 Å². The summed E-state index contributed by atoms with van der Waals surface area (Å²) in [4.78, 5) is 26.9. The highest BCUT2D eigenvalue weighted by molar-refractivity contribution is 5.99. The summed E-state index contributed by atoms with van der Waals surface area (Å²) in [7, 11) is 0. The van der Waals surface area contributed by atoms with E-state index in [0.29, 0.717) is 65.8 Å². The molecule has 11 nitrogen and oxygen atoms in total. The Morgan fingerprint density at radius 2 is 2.06 bits per heavy atom. The zero-order valence-electron chi connectivity index (χ0n) is 19.1. The molecule has 4 N–H and O–H groups in total. The lowest BCUT2D eigenvalue weighted by Gasteiger charge is -2.31. The van der Waals surface area contributed by atoms with E-state index in [2.05, 4.69) is 21.9 Å². The minimum Gasteiger partial charge on any atom is -0.449 e. The van der Waals surface area contributed by atoms with Crippen LogP contribution in [-0.4, -0.2) is 55.4 Å². The number of anilines is 2. The average molecular weight is 465 g/mol. The molecule has 0 unspecified atom stereocenters. The molecule has 1 aliphatic heterocycles. The number of hydrogen-bond donors (Lipinski definition) is 2. The number of rotatable bonds is 6. The molecule has 4 aromatic rings. The highest BCUT2D eigenvalue weighted by Gasteiger charge is 2.26. The van der Waals surface area contributed by atoms with Gasteiger partial charge in [0, 0.05) is 25.2 Å². The van der Waals surface area contributed by atoms with Crippen LogP contribution in [0.4, 0.5) is 16.6 Å². The van der Waals surface area contributed by atoms with Crippen molar-refractivity contribution in [2.75, 3.05) is 31.2 Å². The number of nitrogens with two attached hydrogens (primary N) is 2. The molecule has 0 atom stereocenters. The van der Waals surface area contributed by atoms with E-state index in [1.807, 2.05) is 22.9 Å². The van der Waals surface area contributed by atoms with E-state index in [1.165, 1.54) is 6.33 Å². The number of nitrogen functional groups attached to an aromatic ring is 2. The van der Waals surface area contributed by atoms with E-state index in [0.717, 1.165) is 31.2 Å². The largest absolute Gasteiger partial charge is 0.449 e. The molecular formula is C23H28N8O3. The van der Waals surface area contributed by atoms with E-state index in [1.54, 1.807) is 4.90 Å². The van der Waals surface area contributed by atoms with E-state index in [-0.39, 0.29) is 12.1 Å². The number of ether oxygens (including phenoxy) is 1. The summed E-state index contributed by atoms with van der Waals surface area (Å²) in [5.41, 5.74) is 15.4. The van der Waals surface area contributed by atoms with E-state index in [9.17, 15) is 4.79 Å². The van der Waals surface area contributed by atoms with Gasteiger partial charge < -0.3 is 25.5 Å². The summed E-state index contributed by atoms with van der Waals surface area (Å²) in [6.45, 7) is 4.56. The van der Waals surface area contributed by atoms with Crippen LogP contribution in [0.15, 0.2) is 28.9 Å². The first kappa shape index (κ1) is 21.9. The van der Waals surface area contributed by atoms with Gasteiger partial charge in [-0.3, -0.25) is 0 Å². The van der Waals surface area contributed by atoms with Crippen LogP contribution in [0.25, 0.3) is 33.4 Å². The molecule has 0 radical (unpaired) electrons. The number of fused-ring (bicyclic) bond motifs is 2. The van der Waals surface area contributed by atoms with Crippen molar-refractivity contribution in [2.45, 2.75) is 39.2 Å². The molecule has 1 aromatic carbocycles. The zero-order valence-corrected chi connectivity index (χ0v) is 19.1. The first-order valence-electron chi connectivity index (χ1n) is 11.6. The SMILES string of the molecule is CCCCOC(=O)N1CCC(Cn2nc(-c3ccc4oc(N)nc4c3)c3c(N)ncnc32)CC1. The summed E-state index contributed by atoms with van der Waals surface area (Å²) in [6.07, 6.45) is 4.86. The quantitative estimate of drug-likeness (QED) is 0.409. The third-order valence-corrected chi connectivity index (χ3v) is 6.26. The van der Waals surface area contributed by atoms with Crippen LogP contribution in [0, 0.1) is 5.92 Å². The molecule has 3 aromatic heterocycles. The summed E-state index contributed by atoms with van der Waals surface area (Å²) in [5, 5.41) is 5.58. The maximum atomic E-state index is 12.2. The molecule has 1 saturated heterocycles. The highest BCUT2D eigenvalue weighted by atomic mass is 16.6. The lowest BCUT2D eigenvalue weighted by atomic mass is 9.97. The number of hydrogen-bond acceptors (Lipinski definition) is 9. The molecule has 5 rings (SSSR count). The minimum absolute atomic E-state index is 0.117. The topological polar surface area (TPSA) is 151 Å². The lowest BCUT2D eigenvalue weighted by Crippen LogP contribution is -2.39. The predicted molar refractivity (Wildman–Crippen MR) is 128 cm³/mol. The Balaban J connectivity index is 1.36. The minimum atomic E-state index is -0.219. The van der Waals surface area contributed by atoms with Crippen LogP contribution in [0.5, 0.6) is 0 Å². The van der Waals surface area contributed by atoms with Gasteiger partial charge in [0.25, 0.3) is 6.01 Å². The Labute approximate surface area is 196 Å². The molecular weight excluding hydrogens is 436 g/mol. The fraction of sp³-hybridized carbons (Fsp3) is 0.435. The number of piperidine rings is 1. The van der Waals surface area contributed by atoms with Crippen molar-refractivity contribution in [1.29, 1.82) is 0 Å². The number of benzene rings is 1. The maximum Gasteiger partial charge on any atom is 0.409 e. The third kappa shape index (κ3) is 4.20. The van der Waals surface area contributed by atoms with Gasteiger partial charge in [0.1, 0.15) is 23.4 Å². The maximum absolute atomic E-state index is 12.2. The summed E-state index contributed by atoms with van der Waals surface area (Å²) in [6, 6.07) is 5.70. The molecule has 4 heterocycles. The molecule has 1 fully saturated rings. The van der Waals surface area contributed by atoms with Gasteiger partial charge in [-0.05, 0) is 43.4 Å². The molecule has 1 amide bonds. The number of carbonyl (C=O) groups is 1. The fourth-order valence-corrected chi connectivity index (χ4v) is 4.39. The van der Waals surface area contributed by atoms with Crippen LogP contribution in [0.3, 0.4) is 0 Å². The summed E-state index contributed by atoms with van der Waals surface area (Å²) in [5.74, 6) is 0.723. The van der Waals surface area contributed by atoms with Crippen molar-refractivity contribution in [1.82, 2.24) is 29.6 Å². The average Bonchev–Trinajstić information content (AvgIpc) is 3.39. The number of oxazole rings is 1. The number of amides is 1. The number of aromatic nitrogens is 5. The molecule has 0 bridgehead atoms. The summed E-state index contributed by atoms with van der Waals surface area (Å²) >= 11 is 0. The third-order valence-electron chi connectivity index (χ3n) is 6.26. The number of unbranched alkanes of at least 4 members (excludes halogenated alkanes) is 1. The Morgan fingerprint density at radius 1 is 1.24 bits per heavy atom. The second-order valence-corrected chi connectivity index (χ2v) is 8.62. The van der Waals surface area contributed by atoms with Gasteiger partial charge in [0.15, 0.2) is 11.2 Å². The molecule has 0 aliphatic carbocycles. The Morgan fingerprint density at radius 3 is 2.85 bits per heavy atom. The van der Waals surface area contributed by atoms with Crippen LogP contribution in [0.1, 0.15) is 32.6 Å². The molecule has 0 saturated carbocycles. The van der Waals surface area contributed by atoms with Crippen LogP contribution >= 0.6 is 0 Å². The molecule has 0 spiro atoms. The Kier molecular flexibility index (Phi) is 5.91. The van der Waals surface area contributed by atoms with Gasteiger partial charge in [-0.15, -0.1) is 0 Å². The molecule has 11 heteroatoms. The number of likely N-dealkylation sites (tertiary alicyclic amines) is 1. The lowest BCUT2D eigenvalue weighted by molar-refractivity contribution is 0.0847. The van der Waals surface area contributed by atoms with Crippen molar-refractivity contribution in [3.63, 3.8) is 0 Å². The van der Waals surface area contributed by atoms with E-state index in [4.69, 9.17) is 25.7 Å². The number of nitrogens with zero attached hydrogens (tertiary/aromatic N) is 6. The predicted octanol–water partition coefficient (Wildman–Crippen LogP) is 3.45. The first-order chi connectivity index (χ1) is 16.5. The van der Waals surface area contributed by atoms with Crippen molar-refractivity contribution in [3.8, 4) is 11.3 Å². The van der Waals surface area contributed by atoms with Gasteiger partial charge in [-0.2, -0.15) is 10.1 Å². The monoisotopic (exact) mass is 464 g/mol. The van der Waals surface area contributed by atoms with Crippen molar-refractivity contribution < 1.29 is 13.9 Å². The first-order valence-corrected chi connectivity index (χ1v) is 11.6. The molecule has 1 aliphatic rings. The van der Waals surface area contributed by atoms with Crippen LogP contribution in [0.2, 0.25) is 0 Å². The zero-order chi connectivity index (χ0) is 23.7. The van der Waals surface area contributed by atoms with Gasteiger partial charge in [0.05, 0.1) is 12.0 Å². The second-order valence-electron chi connectivity index (χ2n) is 8.62. The van der Waals surface area contributed by atoms with Gasteiger partial charge in [-0.25, -0.2) is 19.4 Å². The van der Waals surface area contributed by atoms with E-state index < -0.39 is 0 Å². The Hall–Kier alpha value is -3.89. The van der Waals surface area contributed by atoms with Crippen LogP contribution in [-0.2, 0) is 11.3 Å². The van der Waals surface area contributed by atoms with Gasteiger partial charge in [0.2, 0.25) is 0 Å². The second kappa shape index (κ2) is 9.16. The van der Waals surface area contributed by atoms with Gasteiger partial charge >= 0.3 is 6.09 Å².